The maximum atomic E-state index is 11.9. The molecule has 1 N–H and O–H groups in total. The van der Waals surface area contributed by atoms with Gasteiger partial charge < -0.3 is 9.88 Å². The van der Waals surface area contributed by atoms with Gasteiger partial charge in [-0.2, -0.15) is 0 Å². The maximum Gasteiger partial charge on any atom is 0.269 e. The van der Waals surface area contributed by atoms with E-state index in [0.717, 1.165) is 24.1 Å². The molecule has 4 nitrogen and oxygen atoms in total. The third kappa shape index (κ3) is 3.64. The second-order valence-corrected chi connectivity index (χ2v) is 4.69. The van der Waals surface area contributed by atoms with E-state index in [-0.39, 0.29) is 5.56 Å². The highest BCUT2D eigenvalue weighted by molar-refractivity contribution is 5.74. The fourth-order valence-electron chi connectivity index (χ4n) is 2.16. The van der Waals surface area contributed by atoms with Crippen LogP contribution in [-0.2, 0) is 6.54 Å². The summed E-state index contributed by atoms with van der Waals surface area (Å²) >= 11 is 0. The first-order valence-corrected chi connectivity index (χ1v) is 6.98. The van der Waals surface area contributed by atoms with Crippen molar-refractivity contribution in [2.45, 2.75) is 32.7 Å². The molecule has 2 aromatic rings. The molecule has 0 saturated heterocycles. The summed E-state index contributed by atoms with van der Waals surface area (Å²) in [6.07, 6.45) is 5.09. The number of para-hydroxylation sites is 2. The van der Waals surface area contributed by atoms with Crippen molar-refractivity contribution in [1.82, 2.24) is 14.9 Å². The van der Waals surface area contributed by atoms with Crippen molar-refractivity contribution in [2.24, 2.45) is 0 Å². The number of hydrogen-bond acceptors (Lipinski definition) is 3. The number of hydrogen-bond donors (Lipinski definition) is 1. The first-order valence-electron chi connectivity index (χ1n) is 6.98. The monoisotopic (exact) mass is 259 g/mol. The molecule has 0 unspecified atom stereocenters. The van der Waals surface area contributed by atoms with Gasteiger partial charge in [-0.15, -0.1) is 0 Å². The molecule has 1 aromatic carbocycles. The molecular weight excluding hydrogens is 238 g/mol. The van der Waals surface area contributed by atoms with E-state index in [1.807, 2.05) is 24.3 Å². The molecule has 1 heterocycles. The third-order valence-corrected chi connectivity index (χ3v) is 3.22. The van der Waals surface area contributed by atoms with E-state index in [0.29, 0.717) is 6.54 Å². The van der Waals surface area contributed by atoms with Gasteiger partial charge in [-0.1, -0.05) is 31.9 Å². The van der Waals surface area contributed by atoms with Crippen LogP contribution in [-0.4, -0.2) is 22.6 Å². The summed E-state index contributed by atoms with van der Waals surface area (Å²) in [6, 6.07) is 7.75. The van der Waals surface area contributed by atoms with Gasteiger partial charge in [-0.3, -0.25) is 4.79 Å². The van der Waals surface area contributed by atoms with Crippen LogP contribution < -0.4 is 10.9 Å². The number of nitrogens with zero attached hydrogens (tertiary/aromatic N) is 2. The van der Waals surface area contributed by atoms with Crippen LogP contribution in [0, 0.1) is 0 Å². The molecule has 2 rings (SSSR count). The molecule has 0 radical (unpaired) electrons. The van der Waals surface area contributed by atoms with Crippen LogP contribution in [0.1, 0.15) is 26.2 Å². The summed E-state index contributed by atoms with van der Waals surface area (Å²) in [5, 5.41) is 3.38. The number of aromatic nitrogens is 2. The Labute approximate surface area is 113 Å². The van der Waals surface area contributed by atoms with E-state index in [2.05, 4.69) is 17.2 Å². The predicted molar refractivity (Wildman–Crippen MR) is 78.4 cm³/mol. The second kappa shape index (κ2) is 7.04. The highest BCUT2D eigenvalue weighted by atomic mass is 16.1. The molecule has 0 atom stereocenters. The third-order valence-electron chi connectivity index (χ3n) is 3.22. The molecular formula is C15H21N3O. The summed E-state index contributed by atoms with van der Waals surface area (Å²) in [6.45, 7) is 4.72. The number of fused-ring (bicyclic) bond motifs is 1. The molecule has 0 aliphatic heterocycles. The Kier molecular flexibility index (Phi) is 5.10. The molecule has 0 saturated carbocycles. The molecule has 0 fully saturated rings. The van der Waals surface area contributed by atoms with E-state index >= 15 is 0 Å². The van der Waals surface area contributed by atoms with Gasteiger partial charge in [0, 0.05) is 13.1 Å². The molecule has 0 amide bonds. The highest BCUT2D eigenvalue weighted by Gasteiger charge is 2.02. The van der Waals surface area contributed by atoms with Gasteiger partial charge in [-0.05, 0) is 25.1 Å². The Hall–Kier alpha value is -1.68. The second-order valence-electron chi connectivity index (χ2n) is 4.69. The summed E-state index contributed by atoms with van der Waals surface area (Å²) in [5.41, 5.74) is 1.74. The van der Waals surface area contributed by atoms with E-state index in [9.17, 15) is 4.79 Å². The minimum atomic E-state index is -0.0333. The Bertz CT molecular complexity index is 577. The van der Waals surface area contributed by atoms with Crippen LogP contribution in [0.25, 0.3) is 11.0 Å². The quantitative estimate of drug-likeness (QED) is 0.775. The zero-order valence-corrected chi connectivity index (χ0v) is 11.4. The van der Waals surface area contributed by atoms with Gasteiger partial charge >= 0.3 is 0 Å². The maximum absolute atomic E-state index is 11.9. The zero-order chi connectivity index (χ0) is 13.5. The Morgan fingerprint density at radius 2 is 2.05 bits per heavy atom. The standard InChI is InChI=1S/C15H21N3O/c1-2-3-6-9-16-10-11-18-14-8-5-4-7-13(14)17-12-15(18)19/h4-5,7-8,12,16H,2-3,6,9-11H2,1H3. The lowest BCUT2D eigenvalue weighted by Crippen LogP contribution is -2.27. The fourth-order valence-corrected chi connectivity index (χ4v) is 2.16. The highest BCUT2D eigenvalue weighted by Crippen LogP contribution is 2.07. The summed E-state index contributed by atoms with van der Waals surface area (Å²) in [7, 11) is 0. The van der Waals surface area contributed by atoms with Crippen LogP contribution in [0.2, 0.25) is 0 Å². The number of benzene rings is 1. The minimum Gasteiger partial charge on any atom is -0.315 e. The van der Waals surface area contributed by atoms with Crippen LogP contribution in [0.3, 0.4) is 0 Å². The van der Waals surface area contributed by atoms with Crippen molar-refractivity contribution in [1.29, 1.82) is 0 Å². The summed E-state index contributed by atoms with van der Waals surface area (Å²) in [5.74, 6) is 0. The van der Waals surface area contributed by atoms with Crippen molar-refractivity contribution in [3.63, 3.8) is 0 Å². The van der Waals surface area contributed by atoms with Crippen LogP contribution >= 0.6 is 0 Å². The average molecular weight is 259 g/mol. The lowest BCUT2D eigenvalue weighted by molar-refractivity contribution is 0.569. The summed E-state index contributed by atoms with van der Waals surface area (Å²) < 4.78 is 1.79. The van der Waals surface area contributed by atoms with Gasteiger partial charge in [-0.25, -0.2) is 4.98 Å². The Morgan fingerprint density at radius 3 is 2.89 bits per heavy atom. The normalized spacial score (nSPS) is 11.0. The number of unbranched alkanes of at least 4 members (excludes halogenated alkanes) is 2. The smallest absolute Gasteiger partial charge is 0.269 e. The van der Waals surface area contributed by atoms with Crippen molar-refractivity contribution < 1.29 is 0 Å². The molecule has 0 spiro atoms. The molecule has 102 valence electrons. The van der Waals surface area contributed by atoms with Crippen molar-refractivity contribution in [3.05, 3.63) is 40.8 Å². The average Bonchev–Trinajstić information content (AvgIpc) is 2.44. The lowest BCUT2D eigenvalue weighted by Gasteiger charge is -2.10. The molecule has 0 aliphatic carbocycles. The SMILES string of the molecule is CCCCCNCCn1c(=O)cnc2ccccc21. The molecule has 19 heavy (non-hydrogen) atoms. The zero-order valence-electron chi connectivity index (χ0n) is 11.4. The Morgan fingerprint density at radius 1 is 1.21 bits per heavy atom. The van der Waals surface area contributed by atoms with E-state index in [1.165, 1.54) is 25.5 Å². The first kappa shape index (κ1) is 13.7. The van der Waals surface area contributed by atoms with Crippen LogP contribution in [0.4, 0.5) is 0 Å². The van der Waals surface area contributed by atoms with E-state index in [1.54, 1.807) is 4.57 Å². The van der Waals surface area contributed by atoms with E-state index < -0.39 is 0 Å². The largest absolute Gasteiger partial charge is 0.315 e. The van der Waals surface area contributed by atoms with Crippen LogP contribution in [0.5, 0.6) is 0 Å². The fraction of sp³-hybridized carbons (Fsp3) is 0.467. The molecule has 1 aromatic heterocycles. The molecule has 0 aliphatic rings. The number of rotatable bonds is 7. The minimum absolute atomic E-state index is 0.0333. The van der Waals surface area contributed by atoms with Crippen molar-refractivity contribution in [3.8, 4) is 0 Å². The summed E-state index contributed by atoms with van der Waals surface area (Å²) in [4.78, 5) is 16.0. The Balaban J connectivity index is 2.00. The van der Waals surface area contributed by atoms with Crippen LogP contribution in [0.15, 0.2) is 35.3 Å². The lowest BCUT2D eigenvalue weighted by atomic mass is 10.2. The molecule has 4 heteroatoms. The topological polar surface area (TPSA) is 46.9 Å². The first-order chi connectivity index (χ1) is 9.33. The van der Waals surface area contributed by atoms with Gasteiger partial charge in [0.25, 0.3) is 5.56 Å². The van der Waals surface area contributed by atoms with Gasteiger partial charge in [0.15, 0.2) is 0 Å². The van der Waals surface area contributed by atoms with Gasteiger partial charge in [0.1, 0.15) is 0 Å². The van der Waals surface area contributed by atoms with Gasteiger partial charge in [0.2, 0.25) is 0 Å². The predicted octanol–water partition coefficient (Wildman–Crippen LogP) is 2.18. The van der Waals surface area contributed by atoms with E-state index in [4.69, 9.17) is 0 Å². The van der Waals surface area contributed by atoms with Gasteiger partial charge in [0.05, 0.1) is 17.2 Å². The number of nitrogens with one attached hydrogen (secondary N) is 1. The van der Waals surface area contributed by atoms with Crippen molar-refractivity contribution >= 4 is 11.0 Å². The molecule has 0 bridgehead atoms. The van der Waals surface area contributed by atoms with Crippen molar-refractivity contribution in [2.75, 3.05) is 13.1 Å².